The lowest BCUT2D eigenvalue weighted by Crippen LogP contribution is -2.10. The van der Waals surface area contributed by atoms with Crippen molar-refractivity contribution in [1.82, 2.24) is 4.57 Å². The lowest BCUT2D eigenvalue weighted by Gasteiger charge is -2.26. The van der Waals surface area contributed by atoms with Gasteiger partial charge in [-0.25, -0.2) is 0 Å². The molecular weight excluding hydrogens is 653 g/mol. The molecule has 9 aromatic rings. The molecule has 0 aliphatic heterocycles. The molecular formula is C52H38N2. The van der Waals surface area contributed by atoms with Crippen molar-refractivity contribution in [3.8, 4) is 27.9 Å². The summed E-state index contributed by atoms with van der Waals surface area (Å²) in [6.07, 6.45) is 9.88. The van der Waals surface area contributed by atoms with Crippen molar-refractivity contribution >= 4 is 49.6 Å². The molecule has 1 atom stereocenters. The van der Waals surface area contributed by atoms with E-state index in [2.05, 4.69) is 222 Å². The van der Waals surface area contributed by atoms with Crippen molar-refractivity contribution in [2.45, 2.75) is 12.3 Å². The normalized spacial score (nSPS) is 13.9. The zero-order valence-electron chi connectivity index (χ0n) is 29.9. The van der Waals surface area contributed by atoms with Gasteiger partial charge < -0.3 is 9.47 Å². The van der Waals surface area contributed by atoms with Crippen molar-refractivity contribution in [3.05, 3.63) is 218 Å². The van der Waals surface area contributed by atoms with E-state index < -0.39 is 0 Å². The Bertz CT molecular complexity index is 2810. The lowest BCUT2D eigenvalue weighted by molar-refractivity contribution is 0.854. The SMILES string of the molecule is C1=CCC(c2ccc(N(c3ccc(-c4ccccc4)cc3)c3ccc(-c4ccc5c(c4)c4c6ccccc6ccc4n5-c4ccccc4)cc3)cc2)C=C1. The van der Waals surface area contributed by atoms with Gasteiger partial charge in [-0.05, 0) is 112 Å². The molecule has 10 rings (SSSR count). The van der Waals surface area contributed by atoms with Gasteiger partial charge in [0.2, 0.25) is 0 Å². The van der Waals surface area contributed by atoms with Crippen molar-refractivity contribution in [2.75, 3.05) is 4.90 Å². The van der Waals surface area contributed by atoms with Crippen LogP contribution >= 0.6 is 0 Å². The molecule has 0 spiro atoms. The highest BCUT2D eigenvalue weighted by molar-refractivity contribution is 6.21. The van der Waals surface area contributed by atoms with Crippen LogP contribution in [-0.2, 0) is 0 Å². The Morgan fingerprint density at radius 3 is 1.70 bits per heavy atom. The van der Waals surface area contributed by atoms with Crippen molar-refractivity contribution < 1.29 is 0 Å². The minimum Gasteiger partial charge on any atom is -0.311 e. The minimum atomic E-state index is 0.416. The number of rotatable bonds is 7. The van der Waals surface area contributed by atoms with Crippen LogP contribution in [0.25, 0.3) is 60.5 Å². The van der Waals surface area contributed by atoms with Crippen LogP contribution in [0.4, 0.5) is 17.1 Å². The van der Waals surface area contributed by atoms with Gasteiger partial charge in [-0.1, -0.05) is 146 Å². The van der Waals surface area contributed by atoms with Gasteiger partial charge in [-0.3, -0.25) is 0 Å². The molecule has 54 heavy (non-hydrogen) atoms. The summed E-state index contributed by atoms with van der Waals surface area (Å²) in [5.41, 5.74) is 13.1. The Labute approximate surface area is 316 Å². The first kappa shape index (κ1) is 31.8. The van der Waals surface area contributed by atoms with Crippen molar-refractivity contribution in [1.29, 1.82) is 0 Å². The maximum Gasteiger partial charge on any atom is 0.0547 e. The van der Waals surface area contributed by atoms with Gasteiger partial charge in [0.05, 0.1) is 11.0 Å². The summed E-state index contributed by atoms with van der Waals surface area (Å²) in [6.45, 7) is 0. The summed E-state index contributed by atoms with van der Waals surface area (Å²) in [5, 5.41) is 5.08. The Kier molecular flexibility index (Phi) is 8.00. The quantitative estimate of drug-likeness (QED) is 0.162. The third kappa shape index (κ3) is 5.70. The maximum absolute atomic E-state index is 2.40. The van der Waals surface area contributed by atoms with Gasteiger partial charge >= 0.3 is 0 Å². The average Bonchev–Trinajstić information content (AvgIpc) is 3.60. The molecule has 8 aromatic carbocycles. The molecule has 2 nitrogen and oxygen atoms in total. The molecule has 1 heterocycles. The molecule has 1 unspecified atom stereocenters. The van der Waals surface area contributed by atoms with Crippen LogP contribution in [0.1, 0.15) is 17.9 Å². The minimum absolute atomic E-state index is 0.416. The van der Waals surface area contributed by atoms with Gasteiger partial charge in [0, 0.05) is 39.4 Å². The predicted molar refractivity (Wildman–Crippen MR) is 229 cm³/mol. The fraction of sp³-hybridized carbons (Fsp3) is 0.0385. The molecule has 0 fully saturated rings. The molecule has 0 N–H and O–H groups in total. The number of aromatic nitrogens is 1. The largest absolute Gasteiger partial charge is 0.311 e. The van der Waals surface area contributed by atoms with E-state index in [1.165, 1.54) is 66.1 Å². The fourth-order valence-electron chi connectivity index (χ4n) is 8.21. The van der Waals surface area contributed by atoms with Gasteiger partial charge in [0.1, 0.15) is 0 Å². The Balaban J connectivity index is 1.06. The zero-order valence-corrected chi connectivity index (χ0v) is 29.9. The van der Waals surface area contributed by atoms with E-state index in [1.807, 2.05) is 0 Å². The molecule has 1 aliphatic rings. The Hall–Kier alpha value is -6.90. The maximum atomic E-state index is 2.40. The van der Waals surface area contributed by atoms with Crippen LogP contribution in [-0.4, -0.2) is 4.57 Å². The summed E-state index contributed by atoms with van der Waals surface area (Å²) >= 11 is 0. The Morgan fingerprint density at radius 1 is 0.444 bits per heavy atom. The number of hydrogen-bond acceptors (Lipinski definition) is 1. The molecule has 0 amide bonds. The van der Waals surface area contributed by atoms with E-state index in [0.29, 0.717) is 5.92 Å². The second-order valence-electron chi connectivity index (χ2n) is 14.1. The van der Waals surface area contributed by atoms with Crippen molar-refractivity contribution in [3.63, 3.8) is 0 Å². The zero-order chi connectivity index (χ0) is 35.8. The molecule has 1 aromatic heterocycles. The third-order valence-corrected chi connectivity index (χ3v) is 10.9. The Morgan fingerprint density at radius 2 is 1.02 bits per heavy atom. The van der Waals surface area contributed by atoms with Gasteiger partial charge in [-0.15, -0.1) is 0 Å². The summed E-state index contributed by atoms with van der Waals surface area (Å²) < 4.78 is 2.40. The van der Waals surface area contributed by atoms with Crippen LogP contribution < -0.4 is 4.90 Å². The van der Waals surface area contributed by atoms with E-state index in [1.54, 1.807) is 0 Å². The number of allylic oxidation sites excluding steroid dienone is 4. The molecule has 1 aliphatic carbocycles. The highest BCUT2D eigenvalue weighted by Crippen LogP contribution is 2.41. The van der Waals surface area contributed by atoms with E-state index in [-0.39, 0.29) is 0 Å². The van der Waals surface area contributed by atoms with Crippen molar-refractivity contribution in [2.24, 2.45) is 0 Å². The summed E-state index contributed by atoms with van der Waals surface area (Å²) in [6, 6.07) is 68.6. The van der Waals surface area contributed by atoms with E-state index in [4.69, 9.17) is 0 Å². The molecule has 0 radical (unpaired) electrons. The van der Waals surface area contributed by atoms with Crippen LogP contribution in [0, 0.1) is 0 Å². The first-order valence-electron chi connectivity index (χ1n) is 18.8. The summed E-state index contributed by atoms with van der Waals surface area (Å²) in [7, 11) is 0. The second-order valence-corrected chi connectivity index (χ2v) is 14.1. The summed E-state index contributed by atoms with van der Waals surface area (Å²) in [5.74, 6) is 0.416. The van der Waals surface area contributed by atoms with E-state index in [0.717, 1.165) is 23.5 Å². The monoisotopic (exact) mass is 690 g/mol. The lowest BCUT2D eigenvalue weighted by atomic mass is 9.92. The third-order valence-electron chi connectivity index (χ3n) is 10.9. The number of para-hydroxylation sites is 1. The topological polar surface area (TPSA) is 8.17 Å². The van der Waals surface area contributed by atoms with Gasteiger partial charge in [0.15, 0.2) is 0 Å². The summed E-state index contributed by atoms with van der Waals surface area (Å²) in [4.78, 5) is 2.36. The molecule has 0 bridgehead atoms. The number of nitrogens with zero attached hydrogens (tertiary/aromatic N) is 2. The molecule has 2 heteroatoms. The van der Waals surface area contributed by atoms with E-state index in [9.17, 15) is 0 Å². The highest BCUT2D eigenvalue weighted by atomic mass is 15.1. The van der Waals surface area contributed by atoms with E-state index >= 15 is 0 Å². The molecule has 0 saturated heterocycles. The first-order valence-corrected chi connectivity index (χ1v) is 18.8. The van der Waals surface area contributed by atoms with Crippen LogP contribution in [0.2, 0.25) is 0 Å². The smallest absolute Gasteiger partial charge is 0.0547 e. The molecule has 0 saturated carbocycles. The number of anilines is 3. The molecule has 256 valence electrons. The standard InChI is InChI=1S/C52H38N2/c1-4-12-37(13-5-1)39-20-28-45(29-21-39)53(46-30-22-40(23-31-46)38-14-6-2-7-15-38)47-32-24-41(25-33-47)43-27-34-50-49(36-43)52-48-19-11-10-16-42(48)26-35-51(52)54(50)44-17-8-3-9-18-44/h1-14,16-36,38H,15H2. The first-order chi connectivity index (χ1) is 26.8. The van der Waals surface area contributed by atoms with Crippen LogP contribution in [0.3, 0.4) is 0 Å². The van der Waals surface area contributed by atoms with Crippen LogP contribution in [0.5, 0.6) is 0 Å². The number of hydrogen-bond donors (Lipinski definition) is 0. The average molecular weight is 691 g/mol. The highest BCUT2D eigenvalue weighted by Gasteiger charge is 2.18. The van der Waals surface area contributed by atoms with Crippen LogP contribution in [0.15, 0.2) is 212 Å². The number of benzene rings is 8. The number of fused-ring (bicyclic) bond motifs is 5. The van der Waals surface area contributed by atoms with Gasteiger partial charge in [0.25, 0.3) is 0 Å². The predicted octanol–water partition coefficient (Wildman–Crippen LogP) is 14.3. The second kappa shape index (κ2) is 13.6. The van der Waals surface area contributed by atoms with Gasteiger partial charge in [-0.2, -0.15) is 0 Å². The fourth-order valence-corrected chi connectivity index (χ4v) is 8.21.